The zero-order chi connectivity index (χ0) is 13.8. The van der Waals surface area contributed by atoms with Gasteiger partial charge in [0.05, 0.1) is 19.6 Å². The molecule has 0 radical (unpaired) electrons. The maximum Gasteiger partial charge on any atom is 0.242 e. The largest absolute Gasteiger partial charge is 0.464 e. The molecule has 0 atom stereocenters. The van der Waals surface area contributed by atoms with Crippen LogP contribution >= 0.6 is 0 Å². The number of furan rings is 1. The van der Waals surface area contributed by atoms with Crippen LogP contribution < -0.4 is 11.1 Å². The van der Waals surface area contributed by atoms with Gasteiger partial charge in [-0.2, -0.15) is 0 Å². The maximum absolute atomic E-state index is 12.1. The highest BCUT2D eigenvalue weighted by Gasteiger charge is 2.33. The van der Waals surface area contributed by atoms with Gasteiger partial charge in [0, 0.05) is 6.04 Å². The van der Waals surface area contributed by atoms with Crippen molar-refractivity contribution in [1.29, 1.82) is 0 Å². The van der Waals surface area contributed by atoms with E-state index in [-0.39, 0.29) is 30.9 Å². The molecule has 1 heterocycles. The minimum atomic E-state index is -0.321. The summed E-state index contributed by atoms with van der Waals surface area (Å²) in [6.45, 7) is 2.21. The summed E-state index contributed by atoms with van der Waals surface area (Å²) < 4.78 is 5.49. The SMILES string of the molecule is Cc1ccc(CN(C(=O)CNC(=O)CN)C2CC2)o1. The third kappa shape index (κ3) is 3.82. The van der Waals surface area contributed by atoms with Gasteiger partial charge in [0.25, 0.3) is 0 Å². The van der Waals surface area contributed by atoms with E-state index in [4.69, 9.17) is 10.2 Å². The van der Waals surface area contributed by atoms with Gasteiger partial charge >= 0.3 is 0 Å². The minimum Gasteiger partial charge on any atom is -0.464 e. The molecule has 1 fully saturated rings. The molecule has 2 rings (SSSR count). The Morgan fingerprint density at radius 1 is 1.47 bits per heavy atom. The van der Waals surface area contributed by atoms with E-state index in [2.05, 4.69) is 5.32 Å². The molecule has 0 aliphatic heterocycles. The molecule has 0 bridgehead atoms. The first-order valence-corrected chi connectivity index (χ1v) is 6.41. The minimum absolute atomic E-state index is 0.00771. The lowest BCUT2D eigenvalue weighted by Crippen LogP contribution is -2.42. The normalized spacial score (nSPS) is 14.2. The lowest BCUT2D eigenvalue weighted by atomic mass is 10.3. The standard InChI is InChI=1S/C13H19N3O3/c1-9-2-5-11(19-9)8-16(10-3-4-10)13(18)7-15-12(17)6-14/h2,5,10H,3-4,6-8,14H2,1H3,(H,15,17). The molecule has 1 saturated carbocycles. The number of hydrogen-bond donors (Lipinski definition) is 2. The summed E-state index contributed by atoms with van der Waals surface area (Å²) >= 11 is 0. The molecule has 6 nitrogen and oxygen atoms in total. The average molecular weight is 265 g/mol. The number of aryl methyl sites for hydroxylation is 1. The van der Waals surface area contributed by atoms with Crippen molar-refractivity contribution in [1.82, 2.24) is 10.2 Å². The highest BCUT2D eigenvalue weighted by molar-refractivity contribution is 5.85. The van der Waals surface area contributed by atoms with Crippen LogP contribution in [0.5, 0.6) is 0 Å². The smallest absolute Gasteiger partial charge is 0.242 e. The predicted octanol–water partition coefficient (Wildman–Crippen LogP) is 0.154. The van der Waals surface area contributed by atoms with Gasteiger partial charge in [-0.1, -0.05) is 0 Å². The van der Waals surface area contributed by atoms with E-state index in [1.807, 2.05) is 19.1 Å². The van der Waals surface area contributed by atoms with Gasteiger partial charge in [-0.3, -0.25) is 9.59 Å². The predicted molar refractivity (Wildman–Crippen MR) is 69.1 cm³/mol. The summed E-state index contributed by atoms with van der Waals surface area (Å²) in [6.07, 6.45) is 2.02. The van der Waals surface area contributed by atoms with E-state index in [1.54, 1.807) is 4.90 Å². The Morgan fingerprint density at radius 2 is 2.21 bits per heavy atom. The molecular formula is C13H19N3O3. The average Bonchev–Trinajstić information content (AvgIpc) is 3.16. The van der Waals surface area contributed by atoms with Crippen LogP contribution in [0.25, 0.3) is 0 Å². The number of amides is 2. The molecule has 1 aliphatic carbocycles. The Hall–Kier alpha value is -1.82. The van der Waals surface area contributed by atoms with Crippen LogP contribution in [0.1, 0.15) is 24.4 Å². The summed E-state index contributed by atoms with van der Waals surface area (Å²) in [5.41, 5.74) is 5.18. The van der Waals surface area contributed by atoms with Crippen LogP contribution in [-0.4, -0.2) is 35.8 Å². The Balaban J connectivity index is 1.92. The molecule has 2 amide bonds. The number of nitrogens with two attached hydrogens (primary N) is 1. The summed E-state index contributed by atoms with van der Waals surface area (Å²) in [4.78, 5) is 24.9. The van der Waals surface area contributed by atoms with Gasteiger partial charge in [-0.25, -0.2) is 0 Å². The van der Waals surface area contributed by atoms with Gasteiger partial charge in [0.2, 0.25) is 11.8 Å². The molecule has 0 saturated heterocycles. The number of carbonyl (C=O) groups excluding carboxylic acids is 2. The maximum atomic E-state index is 12.1. The van der Waals surface area contributed by atoms with Crippen LogP contribution in [0.15, 0.2) is 16.5 Å². The molecule has 3 N–H and O–H groups in total. The van der Waals surface area contributed by atoms with Crippen molar-refractivity contribution in [2.24, 2.45) is 5.73 Å². The first-order valence-electron chi connectivity index (χ1n) is 6.41. The fourth-order valence-corrected chi connectivity index (χ4v) is 1.89. The van der Waals surface area contributed by atoms with Crippen LogP contribution in [0.4, 0.5) is 0 Å². The van der Waals surface area contributed by atoms with Crippen LogP contribution in [0.3, 0.4) is 0 Å². The number of nitrogens with one attached hydrogen (secondary N) is 1. The van der Waals surface area contributed by atoms with Crippen molar-refractivity contribution in [3.05, 3.63) is 23.7 Å². The highest BCUT2D eigenvalue weighted by atomic mass is 16.3. The second kappa shape index (κ2) is 5.88. The fourth-order valence-electron chi connectivity index (χ4n) is 1.89. The Kier molecular flexibility index (Phi) is 4.21. The summed E-state index contributed by atoms with van der Waals surface area (Å²) in [5.74, 6) is 1.17. The van der Waals surface area contributed by atoms with E-state index in [1.165, 1.54) is 0 Å². The zero-order valence-corrected chi connectivity index (χ0v) is 11.0. The number of rotatable bonds is 6. The Bertz CT molecular complexity index is 465. The van der Waals surface area contributed by atoms with Gasteiger partial charge in [-0.05, 0) is 31.9 Å². The zero-order valence-electron chi connectivity index (χ0n) is 11.0. The van der Waals surface area contributed by atoms with Crippen molar-refractivity contribution >= 4 is 11.8 Å². The third-order valence-corrected chi connectivity index (χ3v) is 3.05. The Labute approximate surface area is 111 Å². The van der Waals surface area contributed by atoms with E-state index >= 15 is 0 Å². The molecule has 19 heavy (non-hydrogen) atoms. The second-order valence-corrected chi connectivity index (χ2v) is 4.75. The molecule has 104 valence electrons. The second-order valence-electron chi connectivity index (χ2n) is 4.75. The molecule has 0 unspecified atom stereocenters. The summed E-state index contributed by atoms with van der Waals surface area (Å²) in [7, 11) is 0. The van der Waals surface area contributed by atoms with Crippen LogP contribution in [0, 0.1) is 6.92 Å². The molecule has 6 heteroatoms. The molecule has 1 aromatic rings. The fraction of sp³-hybridized carbons (Fsp3) is 0.538. The van der Waals surface area contributed by atoms with Crippen molar-refractivity contribution in [2.45, 2.75) is 32.4 Å². The molecule has 0 aromatic carbocycles. The molecular weight excluding hydrogens is 246 g/mol. The quantitative estimate of drug-likeness (QED) is 0.766. The van der Waals surface area contributed by atoms with Crippen molar-refractivity contribution < 1.29 is 14.0 Å². The van der Waals surface area contributed by atoms with E-state index in [9.17, 15) is 9.59 Å². The van der Waals surface area contributed by atoms with Gasteiger partial charge in [0.1, 0.15) is 11.5 Å². The first kappa shape index (κ1) is 13.6. The van der Waals surface area contributed by atoms with Crippen molar-refractivity contribution in [3.63, 3.8) is 0 Å². The highest BCUT2D eigenvalue weighted by Crippen LogP contribution is 2.28. The van der Waals surface area contributed by atoms with Gasteiger partial charge in [0.15, 0.2) is 0 Å². The van der Waals surface area contributed by atoms with Gasteiger partial charge < -0.3 is 20.4 Å². The van der Waals surface area contributed by atoms with Crippen LogP contribution in [0.2, 0.25) is 0 Å². The lowest BCUT2D eigenvalue weighted by molar-refractivity contribution is -0.133. The summed E-state index contributed by atoms with van der Waals surface area (Å²) in [5, 5.41) is 2.50. The number of carbonyl (C=O) groups is 2. The third-order valence-electron chi connectivity index (χ3n) is 3.05. The lowest BCUT2D eigenvalue weighted by Gasteiger charge is -2.21. The Morgan fingerprint density at radius 3 is 2.74 bits per heavy atom. The van der Waals surface area contributed by atoms with Crippen molar-refractivity contribution in [2.75, 3.05) is 13.1 Å². The van der Waals surface area contributed by atoms with Crippen LogP contribution in [-0.2, 0) is 16.1 Å². The number of nitrogens with zero attached hydrogens (tertiary/aromatic N) is 1. The van der Waals surface area contributed by atoms with E-state index in [0.717, 1.165) is 24.4 Å². The summed E-state index contributed by atoms with van der Waals surface area (Å²) in [6, 6.07) is 4.02. The topological polar surface area (TPSA) is 88.6 Å². The van der Waals surface area contributed by atoms with E-state index < -0.39 is 0 Å². The number of hydrogen-bond acceptors (Lipinski definition) is 4. The van der Waals surface area contributed by atoms with Crippen molar-refractivity contribution in [3.8, 4) is 0 Å². The molecule has 1 aromatic heterocycles. The van der Waals surface area contributed by atoms with E-state index in [0.29, 0.717) is 6.54 Å². The monoisotopic (exact) mass is 265 g/mol. The molecule has 0 spiro atoms. The first-order chi connectivity index (χ1) is 9.10. The molecule has 1 aliphatic rings. The van der Waals surface area contributed by atoms with Gasteiger partial charge in [-0.15, -0.1) is 0 Å².